The van der Waals surface area contributed by atoms with Crippen LogP contribution >= 0.6 is 0 Å². The number of allylic oxidation sites excluding steroid dienone is 1. The van der Waals surface area contributed by atoms with Crippen molar-refractivity contribution in [3.63, 3.8) is 0 Å². The average Bonchev–Trinajstić information content (AvgIpc) is 3.02. The number of rotatable bonds is 2. The number of fused-ring (bicyclic) bond motifs is 4. The molecule has 1 atom stereocenters. The lowest BCUT2D eigenvalue weighted by molar-refractivity contribution is -0.159. The van der Waals surface area contributed by atoms with E-state index in [1.807, 2.05) is 26.0 Å². The van der Waals surface area contributed by atoms with Crippen LogP contribution in [-0.4, -0.2) is 22.6 Å². The number of carbonyl (C=O) groups is 1. The topological polar surface area (TPSA) is 70.4 Å². The highest BCUT2D eigenvalue weighted by molar-refractivity contribution is 5.79. The zero-order valence-corrected chi connectivity index (χ0v) is 15.7. The zero-order valence-electron chi connectivity index (χ0n) is 15.7. The van der Waals surface area contributed by atoms with Crippen molar-refractivity contribution in [2.45, 2.75) is 33.1 Å². The first-order valence-electron chi connectivity index (χ1n) is 8.83. The second kappa shape index (κ2) is 7.32. The van der Waals surface area contributed by atoms with E-state index in [0.29, 0.717) is 34.4 Å². The van der Waals surface area contributed by atoms with Gasteiger partial charge in [0.2, 0.25) is 0 Å². The Bertz CT molecular complexity index is 1100. The van der Waals surface area contributed by atoms with E-state index in [9.17, 15) is 9.59 Å². The minimum Gasteiger partial charge on any atom is -0.458 e. The molecule has 0 bridgehead atoms. The number of ether oxygens (including phenoxy) is 2. The maximum absolute atomic E-state index is 12.9. The van der Waals surface area contributed by atoms with Crippen molar-refractivity contribution in [1.82, 2.24) is 9.55 Å². The van der Waals surface area contributed by atoms with Gasteiger partial charge in [-0.05, 0) is 17.4 Å². The Morgan fingerprint density at radius 3 is 2.74 bits per heavy atom. The average molecular weight is 366 g/mol. The highest BCUT2D eigenvalue weighted by Crippen LogP contribution is 2.33. The predicted molar refractivity (Wildman–Crippen MR) is 103 cm³/mol. The molecule has 4 heterocycles. The largest absolute Gasteiger partial charge is 0.458 e. The van der Waals surface area contributed by atoms with Crippen LogP contribution in [-0.2, 0) is 27.4 Å². The van der Waals surface area contributed by atoms with Gasteiger partial charge in [0.05, 0.1) is 28.8 Å². The van der Waals surface area contributed by atoms with Crippen LogP contribution in [0.2, 0.25) is 0 Å². The Labute approximate surface area is 157 Å². The van der Waals surface area contributed by atoms with Gasteiger partial charge in [-0.2, -0.15) is 0 Å². The van der Waals surface area contributed by atoms with Gasteiger partial charge in [-0.15, -0.1) is 0 Å². The molecule has 0 radical (unpaired) electrons. The van der Waals surface area contributed by atoms with Crippen molar-refractivity contribution in [2.75, 3.05) is 7.11 Å². The fourth-order valence-corrected chi connectivity index (χ4v) is 3.40. The predicted octanol–water partition coefficient (Wildman–Crippen LogP) is 1.42. The summed E-state index contributed by atoms with van der Waals surface area (Å²) in [5.41, 5.74) is 3.14. The molecule has 0 saturated heterocycles. The molecular weight excluding hydrogens is 344 g/mol. The number of esters is 1. The van der Waals surface area contributed by atoms with Crippen LogP contribution in [0.1, 0.15) is 36.6 Å². The lowest BCUT2D eigenvalue weighted by Gasteiger charge is -2.24. The van der Waals surface area contributed by atoms with E-state index in [-0.39, 0.29) is 12.2 Å². The van der Waals surface area contributed by atoms with Gasteiger partial charge in [0.25, 0.3) is 5.56 Å². The van der Waals surface area contributed by atoms with Gasteiger partial charge < -0.3 is 14.0 Å². The maximum atomic E-state index is 12.9. The Kier molecular flexibility index (Phi) is 5.10. The third-order valence-electron chi connectivity index (χ3n) is 4.61. The summed E-state index contributed by atoms with van der Waals surface area (Å²) in [7, 11) is 1.42. The van der Waals surface area contributed by atoms with Crippen LogP contribution in [0, 0.1) is 0 Å². The second-order valence-corrected chi connectivity index (χ2v) is 6.01. The number of pyridine rings is 2. The quantitative estimate of drug-likeness (QED) is 0.642. The molecule has 6 nitrogen and oxygen atoms in total. The maximum Gasteiger partial charge on any atom is 0.340 e. The monoisotopic (exact) mass is 366 g/mol. The number of nitrogens with zero attached hydrogens (tertiary/aromatic N) is 2. The van der Waals surface area contributed by atoms with E-state index < -0.39 is 12.1 Å². The van der Waals surface area contributed by atoms with Crippen LogP contribution in [0.5, 0.6) is 0 Å². The first kappa shape index (κ1) is 18.8. The Hall–Kier alpha value is -2.99. The van der Waals surface area contributed by atoms with E-state index in [1.54, 1.807) is 16.7 Å². The molecule has 0 amide bonds. The van der Waals surface area contributed by atoms with Crippen molar-refractivity contribution >= 4 is 18.6 Å². The third kappa shape index (κ3) is 2.92. The Balaban J connectivity index is 0.00000102. The third-order valence-corrected chi connectivity index (χ3v) is 4.61. The highest BCUT2D eigenvalue weighted by atomic mass is 16.6. The summed E-state index contributed by atoms with van der Waals surface area (Å²) >= 11 is 0. The smallest absolute Gasteiger partial charge is 0.340 e. The molecule has 1 unspecified atom stereocenters. The van der Waals surface area contributed by atoms with Crippen LogP contribution in [0.4, 0.5) is 0 Å². The molecule has 0 spiro atoms. The van der Waals surface area contributed by atoms with E-state index >= 15 is 0 Å². The number of methoxy groups -OCH3 is 1. The molecule has 0 saturated carbocycles. The number of hydrogen-bond acceptors (Lipinski definition) is 5. The molecule has 2 aliphatic heterocycles. The number of hydrogen-bond donors (Lipinski definition) is 0. The molecule has 2 aromatic rings. The first-order chi connectivity index (χ1) is 13.0. The summed E-state index contributed by atoms with van der Waals surface area (Å²) in [4.78, 5) is 29.4. The van der Waals surface area contributed by atoms with Crippen molar-refractivity contribution in [3.05, 3.63) is 62.4 Å². The summed E-state index contributed by atoms with van der Waals surface area (Å²) in [6, 6.07) is 3.77. The van der Waals surface area contributed by atoms with Crippen LogP contribution < -0.4 is 16.1 Å². The number of aromatic nitrogens is 2. The van der Waals surface area contributed by atoms with Gasteiger partial charge in [-0.3, -0.25) is 4.79 Å². The fraction of sp³-hybridized carbons (Fsp3) is 0.286. The van der Waals surface area contributed by atoms with Gasteiger partial charge in [0, 0.05) is 18.2 Å². The minimum atomic E-state index is -0.890. The van der Waals surface area contributed by atoms with Crippen molar-refractivity contribution in [3.8, 4) is 11.4 Å². The summed E-state index contributed by atoms with van der Waals surface area (Å²) in [5.74, 6) is -0.487. The van der Waals surface area contributed by atoms with Crippen molar-refractivity contribution in [2.24, 2.45) is 0 Å². The first-order valence-corrected chi connectivity index (χ1v) is 8.83. The molecular formula is C21H22N2O4. The minimum absolute atomic E-state index is 0.0347. The molecule has 4 rings (SSSR count). The second-order valence-electron chi connectivity index (χ2n) is 6.01. The van der Waals surface area contributed by atoms with Crippen LogP contribution in [0.3, 0.4) is 0 Å². The standard InChI is InChI=1S/C19H16N2O4.C2H6/c1-4-5-11-6-12-8-21-15(16(12)20-10(11)2)7-13-14(18(21)22)9-25-19(23)17(13)24-3;1-2/h4-7,17H,1-2,8-9H2,3H3;1-2H3/b11-5-;. The SMILES string of the molecule is C=C/C=c1/cc2c(nc1=C)-c1cc3c(c(=O)n1C2)COC(=O)C3OC.CC. The molecule has 0 fully saturated rings. The molecule has 6 heteroatoms. The molecule has 140 valence electrons. The van der Waals surface area contributed by atoms with Gasteiger partial charge in [0.1, 0.15) is 6.61 Å². The van der Waals surface area contributed by atoms with Gasteiger partial charge in [-0.1, -0.05) is 39.2 Å². The van der Waals surface area contributed by atoms with Crippen molar-refractivity contribution < 1.29 is 14.3 Å². The molecule has 0 aromatic carbocycles. The summed E-state index contributed by atoms with van der Waals surface area (Å²) < 4.78 is 12.0. The normalized spacial score (nSPS) is 17.2. The number of cyclic esters (lactones) is 1. The summed E-state index contributed by atoms with van der Waals surface area (Å²) in [6.07, 6.45) is 2.62. The van der Waals surface area contributed by atoms with E-state index in [0.717, 1.165) is 10.8 Å². The molecule has 0 N–H and O–H groups in total. The van der Waals surface area contributed by atoms with E-state index in [4.69, 9.17) is 9.47 Å². The summed E-state index contributed by atoms with van der Waals surface area (Å²) in [5, 5.41) is 1.48. The lowest BCUT2D eigenvalue weighted by Crippen LogP contribution is -2.33. The Morgan fingerprint density at radius 1 is 1.33 bits per heavy atom. The molecule has 0 aliphatic carbocycles. The van der Waals surface area contributed by atoms with Gasteiger partial charge >= 0.3 is 5.97 Å². The molecule has 2 aliphatic rings. The van der Waals surface area contributed by atoms with E-state index in [1.165, 1.54) is 7.11 Å². The van der Waals surface area contributed by atoms with Crippen LogP contribution in [0.15, 0.2) is 29.6 Å². The number of carbonyl (C=O) groups excluding carboxylic acids is 1. The zero-order chi connectivity index (χ0) is 19.7. The van der Waals surface area contributed by atoms with Gasteiger partial charge in [0.15, 0.2) is 6.10 Å². The highest BCUT2D eigenvalue weighted by Gasteiger charge is 2.34. The van der Waals surface area contributed by atoms with Crippen LogP contribution in [0.25, 0.3) is 24.0 Å². The fourth-order valence-electron chi connectivity index (χ4n) is 3.40. The van der Waals surface area contributed by atoms with E-state index in [2.05, 4.69) is 18.1 Å². The van der Waals surface area contributed by atoms with Gasteiger partial charge in [-0.25, -0.2) is 9.78 Å². The molecule has 2 aromatic heterocycles. The molecule has 27 heavy (non-hydrogen) atoms. The van der Waals surface area contributed by atoms with Crippen molar-refractivity contribution in [1.29, 1.82) is 0 Å². The lowest BCUT2D eigenvalue weighted by atomic mass is 10.0. The Morgan fingerprint density at radius 2 is 2.07 bits per heavy atom. The summed E-state index contributed by atoms with van der Waals surface area (Å²) in [6.45, 7) is 12.1.